The summed E-state index contributed by atoms with van der Waals surface area (Å²) in [5.41, 5.74) is 1.03. The summed E-state index contributed by atoms with van der Waals surface area (Å²) in [6.45, 7) is 5.38. The van der Waals surface area contributed by atoms with Crippen molar-refractivity contribution in [2.75, 3.05) is 20.2 Å². The van der Waals surface area contributed by atoms with Gasteiger partial charge in [0.2, 0.25) is 0 Å². The van der Waals surface area contributed by atoms with Crippen LogP contribution in [-0.4, -0.2) is 57.0 Å². The Morgan fingerprint density at radius 2 is 1.86 bits per heavy atom. The number of carbonyl (C=O) groups is 2. The number of rotatable bonds is 7. The molecular weight excluding hydrogens is 585 g/mol. The summed E-state index contributed by atoms with van der Waals surface area (Å²) in [5, 5.41) is 12.9. The molecule has 1 aromatic carbocycles. The van der Waals surface area contributed by atoms with E-state index in [0.29, 0.717) is 41.3 Å². The van der Waals surface area contributed by atoms with Crippen LogP contribution in [0.25, 0.3) is 16.4 Å². The van der Waals surface area contributed by atoms with Gasteiger partial charge in [-0.3, -0.25) is 0 Å². The van der Waals surface area contributed by atoms with Gasteiger partial charge in [-0.1, -0.05) is 18.2 Å². The third-order valence-electron chi connectivity index (χ3n) is 7.37. The van der Waals surface area contributed by atoms with E-state index < -0.39 is 23.4 Å². The predicted molar refractivity (Wildman–Crippen MR) is 153 cm³/mol. The maximum atomic E-state index is 13.8. The lowest BCUT2D eigenvalue weighted by atomic mass is 9.88. The van der Waals surface area contributed by atoms with E-state index in [4.69, 9.17) is 9.47 Å². The monoisotopic (exact) mass is 614 g/mol. The number of hydrogen-bond acceptors (Lipinski definition) is 7. The number of piperidine rings is 1. The molecule has 0 saturated carbocycles. The highest BCUT2D eigenvalue weighted by molar-refractivity contribution is 7.15. The molecule has 4 heterocycles. The average Bonchev–Trinajstić information content (AvgIpc) is 3.61. The number of hydrogen-bond donors (Lipinski definition) is 1. The van der Waals surface area contributed by atoms with Crippen LogP contribution in [0.2, 0.25) is 0 Å². The Morgan fingerprint density at radius 1 is 1.12 bits per heavy atom. The second-order valence-corrected chi connectivity index (χ2v) is 11.5. The van der Waals surface area contributed by atoms with Crippen LogP contribution in [0.15, 0.2) is 48.7 Å². The number of amides is 1. The van der Waals surface area contributed by atoms with Crippen molar-refractivity contribution in [3.8, 4) is 22.1 Å². The number of methoxy groups -OCH3 is 1. The molecule has 4 aromatic rings. The summed E-state index contributed by atoms with van der Waals surface area (Å²) in [4.78, 5) is 31.0. The van der Waals surface area contributed by atoms with Crippen molar-refractivity contribution in [2.24, 2.45) is 0 Å². The fourth-order valence-electron chi connectivity index (χ4n) is 5.28. The van der Waals surface area contributed by atoms with Gasteiger partial charge in [0.15, 0.2) is 11.5 Å². The van der Waals surface area contributed by atoms with Gasteiger partial charge in [-0.05, 0) is 68.0 Å². The summed E-state index contributed by atoms with van der Waals surface area (Å²) in [7, 11) is 1.39. The fraction of sp³-hybridized carbons (Fsp3) is 0.333. The van der Waals surface area contributed by atoms with Crippen molar-refractivity contribution < 1.29 is 37.3 Å². The molecule has 3 aromatic heterocycles. The molecule has 1 fully saturated rings. The first-order valence-electron chi connectivity index (χ1n) is 13.5. The summed E-state index contributed by atoms with van der Waals surface area (Å²) < 4.78 is 52.8. The molecule has 1 aliphatic heterocycles. The summed E-state index contributed by atoms with van der Waals surface area (Å²) >= 11 is 1.43. The number of carboxylic acid groups (broad SMARTS) is 1. The number of nitrogens with zero attached hydrogens (tertiary/aromatic N) is 4. The number of benzene rings is 1. The van der Waals surface area contributed by atoms with Gasteiger partial charge in [-0.2, -0.15) is 18.3 Å². The summed E-state index contributed by atoms with van der Waals surface area (Å²) in [5.74, 6) is -0.841. The molecule has 5 rings (SSSR count). The molecule has 226 valence electrons. The lowest BCUT2D eigenvalue weighted by Crippen LogP contribution is -2.37. The third-order valence-corrected chi connectivity index (χ3v) is 8.48. The molecule has 1 N–H and O–H groups in total. The van der Waals surface area contributed by atoms with Crippen LogP contribution in [0.3, 0.4) is 0 Å². The highest BCUT2D eigenvalue weighted by atomic mass is 32.1. The molecular formula is C30H29F3N4O5S. The average molecular weight is 615 g/mol. The van der Waals surface area contributed by atoms with E-state index in [2.05, 4.69) is 16.1 Å². The van der Waals surface area contributed by atoms with E-state index in [9.17, 15) is 27.9 Å². The molecule has 13 heteroatoms. The fourth-order valence-corrected chi connectivity index (χ4v) is 6.27. The van der Waals surface area contributed by atoms with E-state index in [1.54, 1.807) is 17.0 Å². The number of aromatic nitrogens is 3. The van der Waals surface area contributed by atoms with Gasteiger partial charge >= 0.3 is 18.2 Å². The minimum atomic E-state index is -4.95. The predicted octanol–water partition coefficient (Wildman–Crippen LogP) is 6.85. The maximum Gasteiger partial charge on any atom is 0.434 e. The molecule has 0 unspecified atom stereocenters. The quantitative estimate of drug-likeness (QED) is 0.243. The normalized spacial score (nSPS) is 14.1. The highest BCUT2D eigenvalue weighted by Gasteiger charge is 2.41. The molecule has 43 heavy (non-hydrogen) atoms. The Labute approximate surface area is 249 Å². The van der Waals surface area contributed by atoms with Crippen molar-refractivity contribution >= 4 is 23.4 Å². The molecule has 0 bridgehead atoms. The van der Waals surface area contributed by atoms with Crippen LogP contribution in [-0.2, 0) is 17.5 Å². The third kappa shape index (κ3) is 6.36. The van der Waals surface area contributed by atoms with Crippen LogP contribution in [0.4, 0.5) is 18.0 Å². The Kier molecular flexibility index (Phi) is 8.45. The van der Waals surface area contributed by atoms with E-state index >= 15 is 0 Å². The number of carboxylic acids is 1. The number of alkyl halides is 3. The standard InChI is InChI=1S/C30H29F3N4O5S/c1-17-13-20(19-9-11-36(12-10-19)29(40)41-3)7-8-24(17)42-16-21-14-18(2)43-26(21)23-5-4-6-25(35-23)37-27(30(31,32)33)22(15-34-37)28(38)39/h4-8,13-15,19H,9-12,16H2,1-3H3,(H,38,39). The first kappa shape index (κ1) is 30.1. The Morgan fingerprint density at radius 3 is 2.51 bits per heavy atom. The molecule has 0 spiro atoms. The second-order valence-electron chi connectivity index (χ2n) is 10.3. The molecule has 9 nitrogen and oxygen atoms in total. The summed E-state index contributed by atoms with van der Waals surface area (Å²) in [6.07, 6.45) is -2.89. The molecule has 1 aliphatic rings. The van der Waals surface area contributed by atoms with Gasteiger partial charge in [-0.25, -0.2) is 19.3 Å². The molecule has 0 atom stereocenters. The first-order chi connectivity index (χ1) is 20.5. The van der Waals surface area contributed by atoms with E-state index in [1.165, 1.54) is 30.1 Å². The maximum absolute atomic E-state index is 13.8. The number of likely N-dealkylation sites (tertiary alicyclic amines) is 1. The molecule has 1 saturated heterocycles. The smallest absolute Gasteiger partial charge is 0.434 e. The van der Waals surface area contributed by atoms with Crippen molar-refractivity contribution in [2.45, 2.75) is 45.4 Å². The number of halogens is 3. The van der Waals surface area contributed by atoms with Crippen molar-refractivity contribution in [3.63, 3.8) is 0 Å². The first-order valence-corrected chi connectivity index (χ1v) is 14.3. The number of aromatic carboxylic acids is 1. The van der Waals surface area contributed by atoms with Gasteiger partial charge < -0.3 is 19.5 Å². The van der Waals surface area contributed by atoms with Crippen LogP contribution in [0, 0.1) is 13.8 Å². The van der Waals surface area contributed by atoms with Gasteiger partial charge in [0, 0.05) is 23.5 Å². The van der Waals surface area contributed by atoms with Crippen molar-refractivity contribution in [1.82, 2.24) is 19.7 Å². The van der Waals surface area contributed by atoms with E-state index in [0.717, 1.165) is 33.7 Å². The van der Waals surface area contributed by atoms with Gasteiger partial charge in [0.25, 0.3) is 0 Å². The van der Waals surface area contributed by atoms with Gasteiger partial charge in [0.1, 0.15) is 17.9 Å². The zero-order valence-electron chi connectivity index (χ0n) is 23.6. The number of aryl methyl sites for hydroxylation is 2. The lowest BCUT2D eigenvalue weighted by Gasteiger charge is -2.31. The minimum Gasteiger partial charge on any atom is -0.489 e. The van der Waals surface area contributed by atoms with Crippen LogP contribution in [0.1, 0.15) is 56.4 Å². The lowest BCUT2D eigenvalue weighted by molar-refractivity contribution is -0.143. The SMILES string of the molecule is COC(=O)N1CCC(c2ccc(OCc3cc(C)sc3-c3cccc(-n4ncc(C(=O)O)c4C(F)(F)F)n3)c(C)c2)CC1. The number of carbonyl (C=O) groups excluding carboxylic acids is 1. The van der Waals surface area contributed by atoms with Gasteiger partial charge in [-0.15, -0.1) is 11.3 Å². The zero-order chi connectivity index (χ0) is 30.9. The van der Waals surface area contributed by atoms with Crippen LogP contribution >= 0.6 is 11.3 Å². The van der Waals surface area contributed by atoms with Crippen LogP contribution in [0.5, 0.6) is 5.75 Å². The minimum absolute atomic E-state index is 0.154. The largest absolute Gasteiger partial charge is 0.489 e. The van der Waals surface area contributed by atoms with Crippen LogP contribution < -0.4 is 4.74 Å². The highest BCUT2D eigenvalue weighted by Crippen LogP contribution is 2.36. The van der Waals surface area contributed by atoms with E-state index in [1.807, 2.05) is 32.0 Å². The van der Waals surface area contributed by atoms with Crippen molar-refractivity contribution in [3.05, 3.63) is 81.5 Å². The number of thiophene rings is 1. The van der Waals surface area contributed by atoms with Gasteiger partial charge in [0.05, 0.1) is 23.9 Å². The molecule has 0 aliphatic carbocycles. The molecule has 0 radical (unpaired) electrons. The molecule has 1 amide bonds. The summed E-state index contributed by atoms with van der Waals surface area (Å²) in [6, 6.07) is 12.6. The topological polar surface area (TPSA) is 107 Å². The Balaban J connectivity index is 1.34. The Hall–Kier alpha value is -4.39. The number of ether oxygens (including phenoxy) is 2. The van der Waals surface area contributed by atoms with E-state index in [-0.39, 0.29) is 18.5 Å². The zero-order valence-corrected chi connectivity index (χ0v) is 24.5. The second kappa shape index (κ2) is 12.1. The number of pyridine rings is 1. The Bertz CT molecular complexity index is 1660. The van der Waals surface area contributed by atoms with Crippen molar-refractivity contribution in [1.29, 1.82) is 0 Å².